The maximum Gasteiger partial charge on any atom is 0.268 e. The molecule has 0 aliphatic carbocycles. The van der Waals surface area contributed by atoms with E-state index in [0.29, 0.717) is 12.2 Å². The van der Waals surface area contributed by atoms with Crippen LogP contribution in [-0.2, 0) is 0 Å². The van der Waals surface area contributed by atoms with Crippen molar-refractivity contribution in [3.8, 4) is 5.75 Å². The highest BCUT2D eigenvalue weighted by Gasteiger charge is 2.17. The second kappa shape index (κ2) is 3.52. The summed E-state index contributed by atoms with van der Waals surface area (Å²) in [6, 6.07) is 0. The molecule has 1 aromatic rings. The van der Waals surface area contributed by atoms with Crippen LogP contribution in [0.2, 0.25) is 0 Å². The normalized spacial score (nSPS) is 10.5. The van der Waals surface area contributed by atoms with Crippen molar-refractivity contribution in [3.63, 3.8) is 0 Å². The van der Waals surface area contributed by atoms with Gasteiger partial charge in [0.05, 0.1) is 6.61 Å². The van der Waals surface area contributed by atoms with Crippen molar-refractivity contribution < 1.29 is 4.74 Å². The largest absolute Gasteiger partial charge is 0.489 e. The highest BCUT2D eigenvalue weighted by Crippen LogP contribution is 2.08. The van der Waals surface area contributed by atoms with Crippen molar-refractivity contribution in [3.05, 3.63) is 26.0 Å². The van der Waals surface area contributed by atoms with Gasteiger partial charge in [-0.05, 0) is 13.3 Å². The summed E-state index contributed by atoms with van der Waals surface area (Å²) in [5.74, 6) is 0.272. The van der Waals surface area contributed by atoms with Crippen molar-refractivity contribution in [1.29, 1.82) is 0 Å². The minimum atomic E-state index is -0.469. The van der Waals surface area contributed by atoms with E-state index in [2.05, 4.69) is 0 Å². The van der Waals surface area contributed by atoms with E-state index in [1.165, 1.54) is 0 Å². The van der Waals surface area contributed by atoms with Crippen molar-refractivity contribution in [2.45, 2.75) is 26.7 Å². The highest BCUT2D eigenvalue weighted by molar-refractivity contribution is 5.37. The predicted molar refractivity (Wildman–Crippen MR) is 46.5 cm³/mol. The number of hydrogen-bond donors (Lipinski definition) is 0. The molecule has 0 spiro atoms. The fourth-order valence-electron chi connectivity index (χ4n) is 0.977. The van der Waals surface area contributed by atoms with Crippen molar-refractivity contribution in [2.75, 3.05) is 6.61 Å². The number of rotatable bonds is 4. The van der Waals surface area contributed by atoms with E-state index in [1.807, 2.05) is 6.92 Å². The molecule has 0 saturated heterocycles. The van der Waals surface area contributed by atoms with Crippen LogP contribution in [0.15, 0.2) is 9.59 Å². The van der Waals surface area contributed by atoms with Crippen LogP contribution in [0.3, 0.4) is 0 Å². The van der Waals surface area contributed by atoms with Crippen molar-refractivity contribution in [1.82, 2.24) is 0 Å². The van der Waals surface area contributed by atoms with Gasteiger partial charge in [0, 0.05) is 5.56 Å². The Kier molecular flexibility index (Phi) is 2.63. The molecule has 12 heavy (non-hydrogen) atoms. The molecule has 0 heterocycles. The molecule has 0 N–H and O–H groups in total. The third-order valence-electron chi connectivity index (χ3n) is 1.84. The number of unbranched alkanes of at least 4 members (excludes halogenated alkanes) is 1. The molecule has 3 heteroatoms. The molecule has 0 atom stereocenters. The average Bonchev–Trinajstić information content (AvgIpc) is 2.11. The maximum absolute atomic E-state index is 10.8. The van der Waals surface area contributed by atoms with Gasteiger partial charge in [0.2, 0.25) is 5.43 Å². The lowest BCUT2D eigenvalue weighted by molar-refractivity contribution is 0.300. The Morgan fingerprint density at radius 2 is 1.92 bits per heavy atom. The first kappa shape index (κ1) is 8.97. The van der Waals surface area contributed by atoms with Gasteiger partial charge in [-0.1, -0.05) is 13.3 Å². The summed E-state index contributed by atoms with van der Waals surface area (Å²) in [6.07, 6.45) is 1.94. The Morgan fingerprint density at radius 1 is 1.25 bits per heavy atom. The quantitative estimate of drug-likeness (QED) is 0.492. The molecule has 0 bridgehead atoms. The van der Waals surface area contributed by atoms with E-state index in [1.54, 1.807) is 6.92 Å². The molecular weight excluding hydrogens is 156 g/mol. The van der Waals surface area contributed by atoms with Crippen LogP contribution in [0.25, 0.3) is 0 Å². The Labute approximate surface area is 70.7 Å². The summed E-state index contributed by atoms with van der Waals surface area (Å²) >= 11 is 0. The fourth-order valence-corrected chi connectivity index (χ4v) is 0.977. The van der Waals surface area contributed by atoms with Gasteiger partial charge in [-0.25, -0.2) is 0 Å². The molecule has 1 aromatic carbocycles. The second-order valence-electron chi connectivity index (χ2n) is 2.81. The molecule has 0 aromatic heterocycles. The molecule has 66 valence electrons. The van der Waals surface area contributed by atoms with E-state index in [0.717, 1.165) is 12.8 Å². The van der Waals surface area contributed by atoms with Gasteiger partial charge in [0.25, 0.3) is 5.43 Å². The van der Waals surface area contributed by atoms with Crippen LogP contribution in [0, 0.1) is 6.92 Å². The van der Waals surface area contributed by atoms with Gasteiger partial charge in [-0.15, -0.1) is 0 Å². The topological polar surface area (TPSA) is 43.4 Å². The molecule has 0 fully saturated rings. The van der Waals surface area contributed by atoms with Gasteiger partial charge >= 0.3 is 0 Å². The van der Waals surface area contributed by atoms with Crippen LogP contribution in [0.4, 0.5) is 0 Å². The summed E-state index contributed by atoms with van der Waals surface area (Å²) in [7, 11) is 0. The third kappa shape index (κ3) is 1.40. The lowest BCUT2D eigenvalue weighted by Gasteiger charge is -2.08. The van der Waals surface area contributed by atoms with E-state index in [9.17, 15) is 9.59 Å². The van der Waals surface area contributed by atoms with Gasteiger partial charge in [-0.3, -0.25) is 9.59 Å². The Balaban J connectivity index is 2.55. The van der Waals surface area contributed by atoms with Crippen molar-refractivity contribution >= 4 is 0 Å². The minimum Gasteiger partial charge on any atom is -0.489 e. The Hall–Kier alpha value is -1.12. The van der Waals surface area contributed by atoms with Crippen LogP contribution >= 0.6 is 0 Å². The van der Waals surface area contributed by atoms with Crippen LogP contribution in [0.1, 0.15) is 25.3 Å². The minimum absolute atomic E-state index is 0.272. The third-order valence-corrected chi connectivity index (χ3v) is 1.84. The molecular formula is C9H12O3. The van der Waals surface area contributed by atoms with Crippen LogP contribution in [0.5, 0.6) is 5.75 Å². The van der Waals surface area contributed by atoms with Crippen molar-refractivity contribution in [2.24, 2.45) is 0 Å². The molecule has 0 unspecified atom stereocenters. The fraction of sp³-hybridized carbons (Fsp3) is 0.556. The number of hydrogen-bond acceptors (Lipinski definition) is 3. The van der Waals surface area contributed by atoms with Gasteiger partial charge < -0.3 is 4.74 Å². The molecule has 0 aliphatic rings. The zero-order valence-corrected chi connectivity index (χ0v) is 7.35. The number of ether oxygens (including phenoxy) is 1. The van der Waals surface area contributed by atoms with Crippen LogP contribution in [-0.4, -0.2) is 6.61 Å². The Morgan fingerprint density at radius 3 is 2.42 bits per heavy atom. The van der Waals surface area contributed by atoms with Gasteiger partial charge in [0.1, 0.15) is 0 Å². The summed E-state index contributed by atoms with van der Waals surface area (Å²) in [5.41, 5.74) is -0.402. The first-order chi connectivity index (χ1) is 5.68. The zero-order chi connectivity index (χ0) is 9.14. The maximum atomic E-state index is 10.8. The van der Waals surface area contributed by atoms with E-state index in [4.69, 9.17) is 4.74 Å². The summed E-state index contributed by atoms with van der Waals surface area (Å²) < 4.78 is 5.12. The molecule has 0 radical (unpaired) electrons. The highest BCUT2D eigenvalue weighted by atomic mass is 16.5. The van der Waals surface area contributed by atoms with Gasteiger partial charge in [0.15, 0.2) is 5.75 Å². The monoisotopic (exact) mass is 168 g/mol. The molecule has 0 aliphatic heterocycles. The SMILES string of the molecule is CCCCOc1c(C)c(=O)c1=O. The van der Waals surface area contributed by atoms with E-state index >= 15 is 0 Å². The first-order valence-corrected chi connectivity index (χ1v) is 4.11. The summed E-state index contributed by atoms with van der Waals surface area (Å²) in [4.78, 5) is 21.6. The van der Waals surface area contributed by atoms with E-state index in [-0.39, 0.29) is 5.75 Å². The molecule has 0 saturated carbocycles. The summed E-state index contributed by atoms with van der Waals surface area (Å²) in [5, 5.41) is 0. The smallest absolute Gasteiger partial charge is 0.268 e. The molecule has 3 nitrogen and oxygen atoms in total. The standard InChI is InChI=1S/C9H12O3/c1-3-4-5-12-9-6(2)7(10)8(9)11/h3-5H2,1-2H3. The van der Waals surface area contributed by atoms with Crippen LogP contribution < -0.4 is 15.6 Å². The summed E-state index contributed by atoms with van der Waals surface area (Å²) in [6.45, 7) is 4.19. The zero-order valence-electron chi connectivity index (χ0n) is 7.35. The molecule has 0 amide bonds. The second-order valence-corrected chi connectivity index (χ2v) is 2.81. The van der Waals surface area contributed by atoms with Gasteiger partial charge in [-0.2, -0.15) is 0 Å². The Bertz CT molecular complexity index is 331. The average molecular weight is 168 g/mol. The van der Waals surface area contributed by atoms with E-state index < -0.39 is 10.9 Å². The molecule has 1 rings (SSSR count). The lowest BCUT2D eigenvalue weighted by atomic mass is 10.1. The lowest BCUT2D eigenvalue weighted by Crippen LogP contribution is -2.35. The predicted octanol–water partition coefficient (Wildman–Crippen LogP) is 0.770. The first-order valence-electron chi connectivity index (χ1n) is 4.11.